The molecule has 0 saturated heterocycles. The Hall–Kier alpha value is -1.24. The Bertz CT molecular complexity index is 717. The third-order valence-electron chi connectivity index (χ3n) is 9.41. The van der Waals surface area contributed by atoms with Gasteiger partial charge in [-0.2, -0.15) is 0 Å². The molecule has 6 nitrogen and oxygen atoms in total. The van der Waals surface area contributed by atoms with Crippen LogP contribution in [0.5, 0.6) is 0 Å². The van der Waals surface area contributed by atoms with E-state index in [1.165, 1.54) is 14.2 Å². The van der Waals surface area contributed by atoms with Gasteiger partial charge in [0.15, 0.2) is 0 Å². The van der Waals surface area contributed by atoms with Gasteiger partial charge < -0.3 is 18.9 Å². The lowest BCUT2D eigenvalue weighted by Gasteiger charge is -2.61. The first kappa shape index (κ1) is 24.4. The third kappa shape index (κ3) is 3.50. The van der Waals surface area contributed by atoms with Crippen molar-refractivity contribution in [3.63, 3.8) is 0 Å². The predicted octanol–water partition coefficient (Wildman–Crippen LogP) is 4.17. The quantitative estimate of drug-likeness (QED) is 0.354. The summed E-state index contributed by atoms with van der Waals surface area (Å²) < 4.78 is 22.5. The molecular formula is C25H40O6. The van der Waals surface area contributed by atoms with Gasteiger partial charge in [0, 0.05) is 50.4 Å². The molecule has 3 rings (SSSR count). The van der Waals surface area contributed by atoms with E-state index in [-0.39, 0.29) is 34.6 Å². The molecule has 0 N–H and O–H groups in total. The number of Topliss-reactive ketones (excluding diaryl/α,β-unsaturated/α-hetero) is 1. The molecule has 3 fully saturated rings. The van der Waals surface area contributed by atoms with Gasteiger partial charge in [-0.1, -0.05) is 26.8 Å². The zero-order valence-electron chi connectivity index (χ0n) is 20.2. The highest BCUT2D eigenvalue weighted by Crippen LogP contribution is 2.68. The molecule has 8 atom stereocenters. The number of ketones is 1. The van der Waals surface area contributed by atoms with Crippen LogP contribution in [0.2, 0.25) is 0 Å². The Labute approximate surface area is 187 Å². The van der Waals surface area contributed by atoms with Crippen molar-refractivity contribution in [1.82, 2.24) is 0 Å². The van der Waals surface area contributed by atoms with E-state index in [4.69, 9.17) is 18.9 Å². The number of carbonyl (C=O) groups is 2. The van der Waals surface area contributed by atoms with E-state index in [0.717, 1.165) is 25.7 Å². The van der Waals surface area contributed by atoms with Crippen molar-refractivity contribution in [2.75, 3.05) is 21.3 Å². The maximum atomic E-state index is 13.8. The normalized spacial score (nSPS) is 45.0. The van der Waals surface area contributed by atoms with Crippen LogP contribution in [0.25, 0.3) is 0 Å². The molecule has 0 aromatic rings. The van der Waals surface area contributed by atoms with E-state index in [2.05, 4.69) is 27.4 Å². The van der Waals surface area contributed by atoms with Crippen LogP contribution < -0.4 is 0 Å². The van der Waals surface area contributed by atoms with E-state index < -0.39 is 23.8 Å². The maximum absolute atomic E-state index is 13.8. The molecule has 0 aliphatic heterocycles. The molecule has 2 bridgehead atoms. The molecular weight excluding hydrogens is 396 g/mol. The highest BCUT2D eigenvalue weighted by Gasteiger charge is 2.68. The molecule has 0 heterocycles. The molecule has 0 unspecified atom stereocenters. The molecule has 0 spiro atoms. The Morgan fingerprint density at radius 1 is 1.13 bits per heavy atom. The molecule has 3 aliphatic carbocycles. The Morgan fingerprint density at radius 3 is 2.29 bits per heavy atom. The number of methoxy groups -OCH3 is 3. The lowest BCUT2D eigenvalue weighted by atomic mass is 9.44. The smallest absolute Gasteiger partial charge is 0.363 e. The number of allylic oxidation sites excluding steroid dienone is 1. The number of esters is 1. The molecule has 0 aromatic carbocycles. The van der Waals surface area contributed by atoms with Gasteiger partial charge in [-0.15, -0.1) is 6.58 Å². The summed E-state index contributed by atoms with van der Waals surface area (Å²) in [5.41, 5.74) is -1.28. The molecule has 3 saturated carbocycles. The highest BCUT2D eigenvalue weighted by molar-refractivity contribution is 5.89. The van der Waals surface area contributed by atoms with Gasteiger partial charge in [-0.25, -0.2) is 4.79 Å². The minimum absolute atomic E-state index is 0.0398. The molecule has 176 valence electrons. The van der Waals surface area contributed by atoms with Crippen molar-refractivity contribution < 1.29 is 28.5 Å². The summed E-state index contributed by atoms with van der Waals surface area (Å²) >= 11 is 0. The van der Waals surface area contributed by atoms with Crippen molar-refractivity contribution in [3.05, 3.63) is 12.7 Å². The van der Waals surface area contributed by atoms with E-state index >= 15 is 0 Å². The first-order valence-electron chi connectivity index (χ1n) is 11.5. The van der Waals surface area contributed by atoms with Gasteiger partial charge in [-0.3, -0.25) is 4.79 Å². The minimum atomic E-state index is -1.09. The molecule has 3 aliphatic rings. The summed E-state index contributed by atoms with van der Waals surface area (Å²) in [6.07, 6.45) is 4.48. The molecule has 0 aromatic heterocycles. The van der Waals surface area contributed by atoms with Crippen LogP contribution in [0.4, 0.5) is 0 Å². The Kier molecular flexibility index (Phi) is 6.77. The highest BCUT2D eigenvalue weighted by atomic mass is 16.7. The van der Waals surface area contributed by atoms with Crippen molar-refractivity contribution >= 4 is 11.8 Å². The zero-order valence-corrected chi connectivity index (χ0v) is 20.2. The molecule has 0 radical (unpaired) electrons. The largest absolute Gasteiger partial charge is 0.458 e. The van der Waals surface area contributed by atoms with Gasteiger partial charge in [0.1, 0.15) is 11.9 Å². The first-order valence-corrected chi connectivity index (χ1v) is 11.5. The van der Waals surface area contributed by atoms with Gasteiger partial charge in [0.05, 0.1) is 6.10 Å². The summed E-state index contributed by atoms with van der Waals surface area (Å²) in [6.45, 7) is 12.5. The summed E-state index contributed by atoms with van der Waals surface area (Å²) in [5, 5.41) is 0. The number of hydrogen-bond acceptors (Lipinski definition) is 6. The third-order valence-corrected chi connectivity index (χ3v) is 9.41. The van der Waals surface area contributed by atoms with Crippen LogP contribution in [0.1, 0.15) is 59.8 Å². The molecule has 6 heteroatoms. The number of rotatable bonds is 6. The molecule has 0 amide bonds. The number of carbonyl (C=O) groups excluding carboxylic acids is 2. The van der Waals surface area contributed by atoms with Gasteiger partial charge in [0.25, 0.3) is 6.29 Å². The number of ether oxygens (including phenoxy) is 4. The lowest BCUT2D eigenvalue weighted by Crippen LogP contribution is -2.63. The summed E-state index contributed by atoms with van der Waals surface area (Å²) in [5.74, 6) is -0.0357. The van der Waals surface area contributed by atoms with Crippen molar-refractivity contribution in [2.45, 2.75) is 78.3 Å². The second kappa shape index (κ2) is 8.60. The monoisotopic (exact) mass is 436 g/mol. The van der Waals surface area contributed by atoms with Crippen LogP contribution in [0.15, 0.2) is 12.7 Å². The summed E-state index contributed by atoms with van der Waals surface area (Å²) in [6, 6.07) is 0. The van der Waals surface area contributed by atoms with Crippen molar-refractivity contribution in [3.8, 4) is 0 Å². The topological polar surface area (TPSA) is 71.1 Å². The summed E-state index contributed by atoms with van der Waals surface area (Å²) in [7, 11) is 4.60. The zero-order chi connectivity index (χ0) is 23.2. The van der Waals surface area contributed by atoms with E-state index in [9.17, 15) is 9.59 Å². The van der Waals surface area contributed by atoms with Gasteiger partial charge >= 0.3 is 5.97 Å². The van der Waals surface area contributed by atoms with Crippen molar-refractivity contribution in [2.24, 2.45) is 34.0 Å². The van der Waals surface area contributed by atoms with E-state index in [0.29, 0.717) is 12.3 Å². The maximum Gasteiger partial charge on any atom is 0.363 e. The van der Waals surface area contributed by atoms with E-state index in [1.807, 2.05) is 6.92 Å². The average molecular weight is 437 g/mol. The van der Waals surface area contributed by atoms with Crippen LogP contribution in [0, 0.1) is 34.0 Å². The standard InChI is InChI=1S/C25H40O6/c1-9-23(4)14-18(31-21(27)22(29-7)30-8)24(5)15(2)10-12-25(16(3)20(23)26)13-11-17(28-6)19(24)25/h9,15-19,22H,1,10-14H2,2-8H3/t15-,16+,17-,18-,19-,23-,24+,25+/m1/s1. The first-order chi connectivity index (χ1) is 14.6. The summed E-state index contributed by atoms with van der Waals surface area (Å²) in [4.78, 5) is 26.8. The second-order valence-corrected chi connectivity index (χ2v) is 10.5. The van der Waals surface area contributed by atoms with Gasteiger partial charge in [-0.05, 0) is 43.9 Å². The van der Waals surface area contributed by atoms with E-state index in [1.54, 1.807) is 13.2 Å². The fourth-order valence-corrected chi connectivity index (χ4v) is 7.28. The van der Waals surface area contributed by atoms with Crippen LogP contribution in [0.3, 0.4) is 0 Å². The predicted molar refractivity (Wildman–Crippen MR) is 117 cm³/mol. The fraction of sp³-hybridized carbons (Fsp3) is 0.840. The van der Waals surface area contributed by atoms with Crippen LogP contribution in [-0.4, -0.2) is 51.6 Å². The Morgan fingerprint density at radius 2 is 1.74 bits per heavy atom. The lowest BCUT2D eigenvalue weighted by molar-refractivity contribution is -0.221. The fourth-order valence-electron chi connectivity index (χ4n) is 7.28. The Balaban J connectivity index is 2.17. The van der Waals surface area contributed by atoms with Crippen LogP contribution in [-0.2, 0) is 28.5 Å². The SMILES string of the molecule is C=C[C@]1(C)C[C@@H](OC(=O)C(OC)OC)[C@]2(C)[C@H](C)CC[C@]3(CC[C@@H](OC)[C@@H]32)[C@@H](C)C1=O. The molecule has 31 heavy (non-hydrogen) atoms. The van der Waals surface area contributed by atoms with Crippen LogP contribution >= 0.6 is 0 Å². The minimum Gasteiger partial charge on any atom is -0.458 e. The van der Waals surface area contributed by atoms with Gasteiger partial charge in [0.2, 0.25) is 0 Å². The average Bonchev–Trinajstić information content (AvgIpc) is 3.16. The van der Waals surface area contributed by atoms with Crippen molar-refractivity contribution in [1.29, 1.82) is 0 Å². The number of hydrogen-bond donors (Lipinski definition) is 0. The second-order valence-electron chi connectivity index (χ2n) is 10.5.